The topological polar surface area (TPSA) is 94.6 Å². The van der Waals surface area contributed by atoms with Gasteiger partial charge in [-0.05, 0) is 50.4 Å². The zero-order valence-electron chi connectivity index (χ0n) is 15.5. The maximum Gasteiger partial charge on any atom is 0.245 e. The van der Waals surface area contributed by atoms with Crippen LogP contribution in [-0.2, 0) is 4.79 Å². The number of nitrogens with one attached hydrogen (secondary N) is 1. The Balaban J connectivity index is 1.50. The van der Waals surface area contributed by atoms with Crippen LogP contribution in [0.2, 0.25) is 0 Å². The summed E-state index contributed by atoms with van der Waals surface area (Å²) in [4.78, 5) is 21.6. The Morgan fingerprint density at radius 2 is 2.07 bits per heavy atom. The summed E-state index contributed by atoms with van der Waals surface area (Å²) in [5.41, 5.74) is 1.73. The number of piperidine rings is 1. The average Bonchev–Trinajstić information content (AvgIpc) is 3.37. The van der Waals surface area contributed by atoms with Crippen LogP contribution in [0.25, 0.3) is 11.1 Å². The van der Waals surface area contributed by atoms with Crippen molar-refractivity contribution in [3.05, 3.63) is 24.5 Å². The Morgan fingerprint density at radius 3 is 2.74 bits per heavy atom. The van der Waals surface area contributed by atoms with E-state index in [9.17, 15) is 9.90 Å². The summed E-state index contributed by atoms with van der Waals surface area (Å²) in [7, 11) is 1.58. The van der Waals surface area contributed by atoms with Crippen LogP contribution in [0.1, 0.15) is 19.3 Å². The maximum atomic E-state index is 13.0. The first-order valence-electron chi connectivity index (χ1n) is 9.41. The van der Waals surface area contributed by atoms with Gasteiger partial charge in [0.25, 0.3) is 0 Å². The van der Waals surface area contributed by atoms with Gasteiger partial charge in [-0.25, -0.2) is 0 Å². The third kappa shape index (κ3) is 3.42. The van der Waals surface area contributed by atoms with Crippen LogP contribution in [0, 0.1) is 5.92 Å². The van der Waals surface area contributed by atoms with E-state index in [-0.39, 0.29) is 18.6 Å². The molecule has 2 aliphatic heterocycles. The van der Waals surface area contributed by atoms with Crippen LogP contribution >= 0.6 is 0 Å². The standard InChI is InChI=1S/C19H25N5O3/c1-27-18-15(14-10-20-21-11-14)2-3-17(22-18)24-9-6-16(19(24)26)23-7-4-13(12-25)5-8-23/h2-3,10-11,13,16,25H,4-9,12H2,1H3,(H,20,21). The van der Waals surface area contributed by atoms with Crippen molar-refractivity contribution in [1.29, 1.82) is 0 Å². The van der Waals surface area contributed by atoms with E-state index < -0.39 is 0 Å². The smallest absolute Gasteiger partial charge is 0.245 e. The van der Waals surface area contributed by atoms with Crippen LogP contribution in [0.3, 0.4) is 0 Å². The van der Waals surface area contributed by atoms with E-state index in [4.69, 9.17) is 4.74 Å². The van der Waals surface area contributed by atoms with Gasteiger partial charge >= 0.3 is 0 Å². The molecular weight excluding hydrogens is 346 g/mol. The van der Waals surface area contributed by atoms with Crippen LogP contribution in [0.15, 0.2) is 24.5 Å². The molecule has 2 aromatic rings. The zero-order chi connectivity index (χ0) is 18.8. The van der Waals surface area contributed by atoms with Gasteiger partial charge < -0.3 is 9.84 Å². The molecule has 2 fully saturated rings. The number of hydrogen-bond donors (Lipinski definition) is 2. The van der Waals surface area contributed by atoms with Crippen molar-refractivity contribution < 1.29 is 14.6 Å². The van der Waals surface area contributed by atoms with Crippen LogP contribution < -0.4 is 9.64 Å². The number of carbonyl (C=O) groups is 1. The zero-order valence-corrected chi connectivity index (χ0v) is 15.5. The summed E-state index contributed by atoms with van der Waals surface area (Å²) >= 11 is 0. The number of likely N-dealkylation sites (tertiary alicyclic amines) is 1. The first-order valence-corrected chi connectivity index (χ1v) is 9.41. The molecule has 0 aliphatic carbocycles. The Kier molecular flexibility index (Phi) is 5.09. The molecule has 0 saturated carbocycles. The first-order chi connectivity index (χ1) is 13.2. The molecule has 2 saturated heterocycles. The normalized spacial score (nSPS) is 21.8. The predicted octanol–water partition coefficient (Wildman–Crippen LogP) is 1.29. The lowest BCUT2D eigenvalue weighted by molar-refractivity contribution is -0.122. The molecule has 1 amide bonds. The fraction of sp³-hybridized carbons (Fsp3) is 0.526. The minimum atomic E-state index is -0.0917. The number of ether oxygens (including phenoxy) is 1. The number of rotatable bonds is 5. The van der Waals surface area contributed by atoms with Crippen molar-refractivity contribution in [2.75, 3.05) is 38.3 Å². The summed E-state index contributed by atoms with van der Waals surface area (Å²) in [5, 5.41) is 16.1. The molecule has 0 bridgehead atoms. The van der Waals surface area contributed by atoms with E-state index in [2.05, 4.69) is 20.1 Å². The van der Waals surface area contributed by atoms with E-state index >= 15 is 0 Å². The molecule has 144 valence electrons. The Labute approximate surface area is 158 Å². The Morgan fingerprint density at radius 1 is 1.26 bits per heavy atom. The molecule has 0 radical (unpaired) electrons. The van der Waals surface area contributed by atoms with Crippen LogP contribution in [0.5, 0.6) is 5.88 Å². The van der Waals surface area contributed by atoms with E-state index in [1.165, 1.54) is 0 Å². The van der Waals surface area contributed by atoms with Gasteiger partial charge in [-0.2, -0.15) is 10.1 Å². The quantitative estimate of drug-likeness (QED) is 0.822. The Hall–Kier alpha value is -2.45. The highest BCUT2D eigenvalue weighted by Gasteiger charge is 2.38. The van der Waals surface area contributed by atoms with E-state index in [0.717, 1.165) is 43.5 Å². The number of aromatic nitrogens is 3. The molecule has 2 aliphatic rings. The molecule has 4 heterocycles. The van der Waals surface area contributed by atoms with Crippen LogP contribution in [-0.4, -0.2) is 70.5 Å². The number of carbonyl (C=O) groups excluding carboxylic acids is 1. The number of hydrogen-bond acceptors (Lipinski definition) is 6. The molecule has 1 atom stereocenters. The number of anilines is 1. The molecule has 8 heteroatoms. The van der Waals surface area contributed by atoms with Crippen molar-refractivity contribution in [1.82, 2.24) is 20.1 Å². The van der Waals surface area contributed by atoms with Crippen molar-refractivity contribution in [2.45, 2.75) is 25.3 Å². The molecule has 1 unspecified atom stereocenters. The van der Waals surface area contributed by atoms with Gasteiger partial charge in [-0.1, -0.05) is 0 Å². The average molecular weight is 371 g/mol. The van der Waals surface area contributed by atoms with Crippen molar-refractivity contribution in [2.24, 2.45) is 5.92 Å². The fourth-order valence-corrected chi connectivity index (χ4v) is 4.03. The number of amides is 1. The van der Waals surface area contributed by atoms with Crippen molar-refractivity contribution in [3.63, 3.8) is 0 Å². The number of methoxy groups -OCH3 is 1. The number of aliphatic hydroxyl groups is 1. The summed E-state index contributed by atoms with van der Waals surface area (Å²) < 4.78 is 5.45. The minimum absolute atomic E-state index is 0.0917. The molecule has 0 spiro atoms. The Bertz CT molecular complexity index is 787. The molecule has 27 heavy (non-hydrogen) atoms. The largest absolute Gasteiger partial charge is 0.480 e. The molecule has 4 rings (SSSR count). The molecular formula is C19H25N5O3. The van der Waals surface area contributed by atoms with Gasteiger partial charge in [0.1, 0.15) is 5.82 Å². The predicted molar refractivity (Wildman–Crippen MR) is 101 cm³/mol. The maximum absolute atomic E-state index is 13.0. The van der Waals surface area contributed by atoms with Gasteiger partial charge in [0.05, 0.1) is 19.3 Å². The van der Waals surface area contributed by atoms with Crippen LogP contribution in [0.4, 0.5) is 5.82 Å². The molecule has 2 N–H and O–H groups in total. The second kappa shape index (κ2) is 7.66. The monoisotopic (exact) mass is 371 g/mol. The SMILES string of the molecule is COc1nc(N2CCC(N3CCC(CO)CC3)C2=O)ccc1-c1cn[nH]c1. The highest BCUT2D eigenvalue weighted by atomic mass is 16.5. The van der Waals surface area contributed by atoms with Crippen molar-refractivity contribution >= 4 is 11.7 Å². The number of H-pyrrole nitrogens is 1. The second-order valence-corrected chi connectivity index (χ2v) is 7.17. The van der Waals surface area contributed by atoms with E-state index in [1.54, 1.807) is 24.4 Å². The lowest BCUT2D eigenvalue weighted by Crippen LogP contribution is -2.46. The summed E-state index contributed by atoms with van der Waals surface area (Å²) in [5.74, 6) is 1.57. The highest BCUT2D eigenvalue weighted by molar-refractivity contribution is 5.99. The van der Waals surface area contributed by atoms with Gasteiger partial charge in [-0.3, -0.25) is 19.7 Å². The fourth-order valence-electron chi connectivity index (χ4n) is 4.03. The number of aliphatic hydroxyl groups excluding tert-OH is 1. The van der Waals surface area contributed by atoms with Gasteiger partial charge in [0, 0.05) is 30.5 Å². The second-order valence-electron chi connectivity index (χ2n) is 7.17. The van der Waals surface area contributed by atoms with Gasteiger partial charge in [0.2, 0.25) is 11.8 Å². The molecule has 8 nitrogen and oxygen atoms in total. The summed E-state index contributed by atoms with van der Waals surface area (Å²) in [6.07, 6.45) is 6.20. The molecule has 2 aromatic heterocycles. The summed E-state index contributed by atoms with van der Waals surface area (Å²) in [6.45, 7) is 2.63. The third-order valence-electron chi connectivity index (χ3n) is 5.65. The number of pyridine rings is 1. The number of nitrogens with zero attached hydrogens (tertiary/aromatic N) is 4. The first kappa shape index (κ1) is 17.9. The highest BCUT2D eigenvalue weighted by Crippen LogP contribution is 2.32. The van der Waals surface area contributed by atoms with Gasteiger partial charge in [-0.15, -0.1) is 0 Å². The van der Waals surface area contributed by atoms with E-state index in [0.29, 0.717) is 24.2 Å². The molecule has 0 aromatic carbocycles. The minimum Gasteiger partial charge on any atom is -0.480 e. The van der Waals surface area contributed by atoms with Gasteiger partial charge in [0.15, 0.2) is 0 Å². The van der Waals surface area contributed by atoms with E-state index in [1.807, 2.05) is 12.1 Å². The lowest BCUT2D eigenvalue weighted by Gasteiger charge is -2.34. The third-order valence-corrected chi connectivity index (χ3v) is 5.65. The number of aromatic amines is 1. The van der Waals surface area contributed by atoms with Crippen molar-refractivity contribution in [3.8, 4) is 17.0 Å². The lowest BCUT2D eigenvalue weighted by atomic mass is 9.96. The summed E-state index contributed by atoms with van der Waals surface area (Å²) in [6, 6.07) is 3.69.